The molecule has 0 spiro atoms. The van der Waals surface area contributed by atoms with Crippen LogP contribution in [0.15, 0.2) is 34.5 Å². The summed E-state index contributed by atoms with van der Waals surface area (Å²) in [5.74, 6) is -0.860. The number of carbonyl (C=O) groups excluding carboxylic acids is 1. The number of carbonyl (C=O) groups is 1. The van der Waals surface area contributed by atoms with Gasteiger partial charge in [-0.3, -0.25) is 4.79 Å². The zero-order valence-electron chi connectivity index (χ0n) is 15.4. The Balaban J connectivity index is 1.63. The van der Waals surface area contributed by atoms with Gasteiger partial charge in [-0.1, -0.05) is 0 Å². The van der Waals surface area contributed by atoms with E-state index in [-0.39, 0.29) is 15.5 Å². The van der Waals surface area contributed by atoms with Crippen molar-refractivity contribution in [2.24, 2.45) is 0 Å². The standard InChI is InChI=1S/C17H17FN6O3S2/c1-11-20-21-22-24(11)12-4-5-13(18)14(10-12)19-17(25)16-15(6-9-28-16)29(26,27)23-7-2-3-8-23/h4-6,9-10H,2-3,7-8H2,1H3,(H,19,25). The Labute approximate surface area is 170 Å². The number of hydrogen-bond donors (Lipinski definition) is 1. The predicted octanol–water partition coefficient (Wildman–Crippen LogP) is 2.21. The van der Waals surface area contributed by atoms with Crippen molar-refractivity contribution in [3.05, 3.63) is 46.2 Å². The SMILES string of the molecule is Cc1nnnn1-c1ccc(F)c(NC(=O)c2sccc2S(=O)(=O)N2CCCC2)c1. The van der Waals surface area contributed by atoms with Crippen molar-refractivity contribution < 1.29 is 17.6 Å². The van der Waals surface area contributed by atoms with E-state index in [1.165, 1.54) is 38.6 Å². The molecule has 12 heteroatoms. The first-order valence-corrected chi connectivity index (χ1v) is 11.1. The van der Waals surface area contributed by atoms with Gasteiger partial charge in [-0.2, -0.15) is 8.99 Å². The summed E-state index contributed by atoms with van der Waals surface area (Å²) in [4.78, 5) is 12.7. The summed E-state index contributed by atoms with van der Waals surface area (Å²) in [5.41, 5.74) is 0.362. The summed E-state index contributed by atoms with van der Waals surface area (Å²) in [6.07, 6.45) is 1.58. The summed E-state index contributed by atoms with van der Waals surface area (Å²) in [5, 5.41) is 15.1. The molecule has 3 aromatic rings. The first-order chi connectivity index (χ1) is 13.9. The molecule has 0 bridgehead atoms. The molecule has 1 saturated heterocycles. The van der Waals surface area contributed by atoms with Crippen molar-refractivity contribution in [2.45, 2.75) is 24.7 Å². The number of amides is 1. The van der Waals surface area contributed by atoms with E-state index in [4.69, 9.17) is 0 Å². The molecule has 0 saturated carbocycles. The molecule has 3 heterocycles. The number of benzene rings is 1. The van der Waals surface area contributed by atoms with E-state index < -0.39 is 21.7 Å². The molecule has 4 rings (SSSR count). The van der Waals surface area contributed by atoms with Crippen LogP contribution in [0.25, 0.3) is 5.69 Å². The number of tetrazole rings is 1. The Kier molecular flexibility index (Phi) is 5.15. The third-order valence-corrected chi connectivity index (χ3v) is 7.57. The Morgan fingerprint density at radius 2 is 2.00 bits per heavy atom. The van der Waals surface area contributed by atoms with Crippen LogP contribution in [-0.2, 0) is 10.0 Å². The van der Waals surface area contributed by atoms with Gasteiger partial charge in [-0.05, 0) is 59.8 Å². The van der Waals surface area contributed by atoms with Crippen molar-refractivity contribution in [1.82, 2.24) is 24.5 Å². The minimum Gasteiger partial charge on any atom is -0.319 e. The molecule has 0 aliphatic carbocycles. The summed E-state index contributed by atoms with van der Waals surface area (Å²) >= 11 is 0.995. The smallest absolute Gasteiger partial charge is 0.267 e. The first-order valence-electron chi connectivity index (χ1n) is 8.82. The maximum Gasteiger partial charge on any atom is 0.267 e. The van der Waals surface area contributed by atoms with E-state index in [1.54, 1.807) is 6.92 Å². The van der Waals surface area contributed by atoms with Crippen LogP contribution in [0.5, 0.6) is 0 Å². The fraction of sp³-hybridized carbons (Fsp3) is 0.294. The van der Waals surface area contributed by atoms with Gasteiger partial charge < -0.3 is 5.32 Å². The number of anilines is 1. The zero-order chi connectivity index (χ0) is 20.6. The minimum absolute atomic E-state index is 0.0142. The number of halogens is 1. The van der Waals surface area contributed by atoms with Gasteiger partial charge >= 0.3 is 0 Å². The lowest BCUT2D eigenvalue weighted by molar-refractivity contribution is 0.102. The highest BCUT2D eigenvalue weighted by Gasteiger charge is 2.32. The van der Waals surface area contributed by atoms with Crippen molar-refractivity contribution >= 4 is 33.0 Å². The van der Waals surface area contributed by atoms with Crippen LogP contribution in [0, 0.1) is 12.7 Å². The number of nitrogens with one attached hydrogen (secondary N) is 1. The minimum atomic E-state index is -3.76. The van der Waals surface area contributed by atoms with E-state index >= 15 is 0 Å². The molecule has 0 atom stereocenters. The molecule has 1 aliphatic heterocycles. The van der Waals surface area contributed by atoms with Gasteiger partial charge in [0.15, 0.2) is 5.82 Å². The van der Waals surface area contributed by atoms with Gasteiger partial charge in [0.1, 0.15) is 15.6 Å². The van der Waals surface area contributed by atoms with Crippen molar-refractivity contribution in [3.8, 4) is 5.69 Å². The van der Waals surface area contributed by atoms with Crippen LogP contribution < -0.4 is 5.32 Å². The molecule has 0 radical (unpaired) electrons. The lowest BCUT2D eigenvalue weighted by Crippen LogP contribution is -2.29. The fourth-order valence-electron chi connectivity index (χ4n) is 3.12. The number of aryl methyl sites for hydroxylation is 1. The Hall–Kier alpha value is -2.70. The van der Waals surface area contributed by atoms with Crippen LogP contribution >= 0.6 is 11.3 Å². The number of sulfonamides is 1. The van der Waals surface area contributed by atoms with Crippen LogP contribution in [-0.4, -0.2) is 51.9 Å². The third kappa shape index (κ3) is 3.66. The molecule has 2 aromatic heterocycles. The first kappa shape index (κ1) is 19.6. The van der Waals surface area contributed by atoms with Gasteiger partial charge in [0.05, 0.1) is 11.4 Å². The van der Waals surface area contributed by atoms with E-state index in [9.17, 15) is 17.6 Å². The number of rotatable bonds is 5. The molecular formula is C17H17FN6O3S2. The van der Waals surface area contributed by atoms with Gasteiger partial charge in [-0.25, -0.2) is 12.8 Å². The maximum atomic E-state index is 14.3. The molecule has 1 N–H and O–H groups in total. The second kappa shape index (κ2) is 7.61. The zero-order valence-corrected chi connectivity index (χ0v) is 17.0. The molecular weight excluding hydrogens is 419 g/mol. The van der Waals surface area contributed by atoms with E-state index in [1.807, 2.05) is 0 Å². The van der Waals surface area contributed by atoms with Gasteiger partial charge in [-0.15, -0.1) is 16.4 Å². The quantitative estimate of drug-likeness (QED) is 0.657. The highest BCUT2D eigenvalue weighted by atomic mass is 32.2. The molecule has 29 heavy (non-hydrogen) atoms. The average Bonchev–Trinajstić information content (AvgIpc) is 3.45. The largest absolute Gasteiger partial charge is 0.319 e. The summed E-state index contributed by atoms with van der Waals surface area (Å²) < 4.78 is 42.7. The van der Waals surface area contributed by atoms with E-state index in [0.29, 0.717) is 24.6 Å². The molecule has 9 nitrogen and oxygen atoms in total. The number of hydrogen-bond acceptors (Lipinski definition) is 7. The molecule has 1 amide bonds. The monoisotopic (exact) mass is 436 g/mol. The lowest BCUT2D eigenvalue weighted by atomic mass is 10.2. The molecule has 1 fully saturated rings. The summed E-state index contributed by atoms with van der Waals surface area (Å²) in [7, 11) is -3.76. The van der Waals surface area contributed by atoms with Crippen LogP contribution in [0.3, 0.4) is 0 Å². The van der Waals surface area contributed by atoms with Crippen LogP contribution in [0.1, 0.15) is 28.3 Å². The molecule has 1 aromatic carbocycles. The lowest BCUT2D eigenvalue weighted by Gasteiger charge is -2.16. The molecule has 152 valence electrons. The number of aromatic nitrogens is 4. The second-order valence-electron chi connectivity index (χ2n) is 6.48. The highest BCUT2D eigenvalue weighted by molar-refractivity contribution is 7.89. The fourth-order valence-corrected chi connectivity index (χ4v) is 5.94. The van der Waals surface area contributed by atoms with Crippen LogP contribution in [0.2, 0.25) is 0 Å². The van der Waals surface area contributed by atoms with Gasteiger partial charge in [0, 0.05) is 13.1 Å². The summed E-state index contributed by atoms with van der Waals surface area (Å²) in [6, 6.07) is 5.45. The Morgan fingerprint density at radius 1 is 1.24 bits per heavy atom. The topological polar surface area (TPSA) is 110 Å². The number of nitrogens with zero attached hydrogens (tertiary/aromatic N) is 5. The van der Waals surface area contributed by atoms with Crippen LogP contribution in [0.4, 0.5) is 10.1 Å². The van der Waals surface area contributed by atoms with Gasteiger partial charge in [0.25, 0.3) is 5.91 Å². The molecule has 1 aliphatic rings. The van der Waals surface area contributed by atoms with Crippen molar-refractivity contribution in [3.63, 3.8) is 0 Å². The Morgan fingerprint density at radius 3 is 2.69 bits per heavy atom. The average molecular weight is 436 g/mol. The highest BCUT2D eigenvalue weighted by Crippen LogP contribution is 2.29. The maximum absolute atomic E-state index is 14.3. The Bertz CT molecular complexity index is 1170. The van der Waals surface area contributed by atoms with E-state index in [2.05, 4.69) is 20.8 Å². The van der Waals surface area contributed by atoms with Gasteiger partial charge in [0.2, 0.25) is 10.0 Å². The molecule has 0 unspecified atom stereocenters. The van der Waals surface area contributed by atoms with Crippen molar-refractivity contribution in [1.29, 1.82) is 0 Å². The predicted molar refractivity (Wildman–Crippen MR) is 104 cm³/mol. The summed E-state index contributed by atoms with van der Waals surface area (Å²) in [6.45, 7) is 2.55. The third-order valence-electron chi connectivity index (χ3n) is 4.59. The number of thiophene rings is 1. The second-order valence-corrected chi connectivity index (χ2v) is 9.30. The van der Waals surface area contributed by atoms with Crippen molar-refractivity contribution in [2.75, 3.05) is 18.4 Å². The van der Waals surface area contributed by atoms with E-state index in [0.717, 1.165) is 24.2 Å². The normalized spacial score (nSPS) is 15.0.